The fraction of sp³-hybridized carbons (Fsp3) is 0.138. The van der Waals surface area contributed by atoms with E-state index in [-0.39, 0.29) is 24.1 Å². The number of furan rings is 1. The number of fused-ring (bicyclic) bond motifs is 1. The number of amides is 1. The fourth-order valence-corrected chi connectivity index (χ4v) is 5.48. The molecule has 5 rings (SSSR count). The van der Waals surface area contributed by atoms with Gasteiger partial charge in [0.05, 0.1) is 30.0 Å². The van der Waals surface area contributed by atoms with Gasteiger partial charge in [0.25, 0.3) is 10.0 Å². The molecule has 0 spiro atoms. The van der Waals surface area contributed by atoms with E-state index in [1.807, 2.05) is 0 Å². The van der Waals surface area contributed by atoms with Crippen molar-refractivity contribution in [2.24, 2.45) is 0 Å². The summed E-state index contributed by atoms with van der Waals surface area (Å²) in [5.74, 6) is -1.20. The third kappa shape index (κ3) is 6.64. The van der Waals surface area contributed by atoms with E-state index < -0.39 is 45.1 Å². The van der Waals surface area contributed by atoms with E-state index in [9.17, 15) is 30.8 Å². The van der Waals surface area contributed by atoms with Gasteiger partial charge in [0, 0.05) is 23.6 Å². The Morgan fingerprint density at radius 2 is 1.67 bits per heavy atom. The zero-order valence-corrected chi connectivity index (χ0v) is 22.5. The quantitative estimate of drug-likeness (QED) is 0.223. The number of aromatic nitrogens is 2. The number of hydrogen-bond donors (Lipinski definition) is 1. The Bertz CT molecular complexity index is 1830. The Labute approximate surface area is 237 Å². The predicted octanol–water partition coefficient (Wildman–Crippen LogP) is 5.56. The fourth-order valence-electron chi connectivity index (χ4n) is 4.14. The van der Waals surface area contributed by atoms with Crippen LogP contribution in [0.3, 0.4) is 0 Å². The first kappa shape index (κ1) is 28.9. The molecule has 0 saturated carbocycles. The van der Waals surface area contributed by atoms with Crippen molar-refractivity contribution in [3.05, 3.63) is 114 Å². The Hall–Kier alpha value is -4.62. The van der Waals surface area contributed by atoms with Crippen LogP contribution >= 0.6 is 0 Å². The average Bonchev–Trinajstić information content (AvgIpc) is 3.40. The normalized spacial score (nSPS) is 12.1. The number of nitrogens with zero attached hydrogens (tertiary/aromatic N) is 3. The SMILES string of the molecule is O=C(CN(Cc1ccccc1)S(=O)(=O)c1cc2cc(F)ccc2o1)NCc1cc(-c2ccc(C(F)(F)F)cc2)ncn1. The number of hydrogen-bond acceptors (Lipinski definition) is 6. The van der Waals surface area contributed by atoms with Gasteiger partial charge in [-0.15, -0.1) is 0 Å². The smallest absolute Gasteiger partial charge is 0.416 e. The Kier molecular flexibility index (Phi) is 8.05. The lowest BCUT2D eigenvalue weighted by molar-refractivity contribution is -0.137. The van der Waals surface area contributed by atoms with Gasteiger partial charge in [0.2, 0.25) is 11.0 Å². The van der Waals surface area contributed by atoms with Gasteiger partial charge in [-0.3, -0.25) is 4.79 Å². The van der Waals surface area contributed by atoms with E-state index in [0.717, 1.165) is 28.6 Å². The maximum Gasteiger partial charge on any atom is 0.416 e. The molecule has 0 saturated heterocycles. The molecule has 0 bridgehead atoms. The Balaban J connectivity index is 1.32. The topological polar surface area (TPSA) is 105 Å². The number of nitrogens with one attached hydrogen (secondary N) is 1. The molecule has 0 aliphatic rings. The highest BCUT2D eigenvalue weighted by Gasteiger charge is 2.31. The van der Waals surface area contributed by atoms with Crippen molar-refractivity contribution >= 4 is 26.9 Å². The molecule has 2 heterocycles. The second kappa shape index (κ2) is 11.7. The third-order valence-electron chi connectivity index (χ3n) is 6.27. The van der Waals surface area contributed by atoms with Gasteiger partial charge in [0.15, 0.2) is 0 Å². The number of rotatable bonds is 9. The van der Waals surface area contributed by atoms with Crippen molar-refractivity contribution in [1.29, 1.82) is 0 Å². The molecule has 2 aromatic heterocycles. The molecule has 0 aliphatic heterocycles. The van der Waals surface area contributed by atoms with Crippen LogP contribution in [0.5, 0.6) is 0 Å². The minimum Gasteiger partial charge on any atom is -0.443 e. The summed E-state index contributed by atoms with van der Waals surface area (Å²) in [6, 6.07) is 19.4. The minimum absolute atomic E-state index is 0.0991. The summed E-state index contributed by atoms with van der Waals surface area (Å²) < 4.78 is 85.9. The molecule has 0 fully saturated rings. The monoisotopic (exact) mass is 598 g/mol. The summed E-state index contributed by atoms with van der Waals surface area (Å²) in [5.41, 5.74) is 1.11. The van der Waals surface area contributed by atoms with E-state index in [1.54, 1.807) is 30.3 Å². The van der Waals surface area contributed by atoms with E-state index in [2.05, 4.69) is 15.3 Å². The number of carbonyl (C=O) groups excluding carboxylic acids is 1. The number of alkyl halides is 3. The summed E-state index contributed by atoms with van der Waals surface area (Å²) in [5, 5.41) is 2.43. The number of sulfonamides is 1. The van der Waals surface area contributed by atoms with Crippen molar-refractivity contribution in [1.82, 2.24) is 19.6 Å². The molecule has 0 radical (unpaired) electrons. The molecular weight excluding hydrogens is 576 g/mol. The molecule has 1 N–H and O–H groups in total. The second-order valence-electron chi connectivity index (χ2n) is 9.25. The summed E-state index contributed by atoms with van der Waals surface area (Å²) in [4.78, 5) is 21.1. The van der Waals surface area contributed by atoms with Crippen LogP contribution < -0.4 is 5.32 Å². The molecule has 0 atom stereocenters. The van der Waals surface area contributed by atoms with E-state index >= 15 is 0 Å². The van der Waals surface area contributed by atoms with Gasteiger partial charge in [-0.1, -0.05) is 42.5 Å². The van der Waals surface area contributed by atoms with Crippen LogP contribution in [0.1, 0.15) is 16.8 Å². The Morgan fingerprint density at radius 3 is 2.38 bits per heavy atom. The first-order valence-corrected chi connectivity index (χ1v) is 13.9. The van der Waals surface area contributed by atoms with E-state index in [4.69, 9.17) is 4.42 Å². The molecule has 5 aromatic rings. The number of benzene rings is 3. The van der Waals surface area contributed by atoms with Crippen molar-refractivity contribution < 1.29 is 35.2 Å². The minimum atomic E-state index is -4.47. The first-order chi connectivity index (χ1) is 20.0. The van der Waals surface area contributed by atoms with E-state index in [1.165, 1.54) is 36.7 Å². The van der Waals surface area contributed by atoms with Crippen molar-refractivity contribution in [2.45, 2.75) is 24.4 Å². The van der Waals surface area contributed by atoms with Gasteiger partial charge in [-0.25, -0.2) is 22.8 Å². The molecular formula is C29H22F4N4O4S. The van der Waals surface area contributed by atoms with Crippen LogP contribution in [-0.2, 0) is 34.1 Å². The van der Waals surface area contributed by atoms with E-state index in [0.29, 0.717) is 22.5 Å². The highest BCUT2D eigenvalue weighted by Crippen LogP contribution is 2.31. The summed E-state index contributed by atoms with van der Waals surface area (Å²) in [6.45, 7) is -0.814. The molecule has 0 unspecified atom stereocenters. The summed E-state index contributed by atoms with van der Waals surface area (Å²) in [7, 11) is -4.33. The van der Waals surface area contributed by atoms with Gasteiger partial charge < -0.3 is 9.73 Å². The highest BCUT2D eigenvalue weighted by molar-refractivity contribution is 7.89. The van der Waals surface area contributed by atoms with Crippen molar-refractivity contribution in [3.63, 3.8) is 0 Å². The van der Waals surface area contributed by atoms with Crippen LogP contribution in [-0.4, -0.2) is 35.1 Å². The lowest BCUT2D eigenvalue weighted by atomic mass is 10.1. The molecule has 0 aliphatic carbocycles. The van der Waals surface area contributed by atoms with Crippen molar-refractivity contribution in [3.8, 4) is 11.3 Å². The van der Waals surface area contributed by atoms with Crippen LogP contribution in [0.4, 0.5) is 17.6 Å². The molecule has 3 aromatic carbocycles. The largest absolute Gasteiger partial charge is 0.443 e. The van der Waals surface area contributed by atoms with Crippen LogP contribution in [0.2, 0.25) is 0 Å². The van der Waals surface area contributed by atoms with Gasteiger partial charge in [0.1, 0.15) is 17.7 Å². The van der Waals surface area contributed by atoms with Crippen LogP contribution in [0.15, 0.2) is 101 Å². The van der Waals surface area contributed by atoms with Gasteiger partial charge in [-0.05, 0) is 42.0 Å². The number of halogens is 4. The maximum absolute atomic E-state index is 13.7. The van der Waals surface area contributed by atoms with Crippen LogP contribution in [0.25, 0.3) is 22.2 Å². The zero-order valence-electron chi connectivity index (χ0n) is 21.7. The summed E-state index contributed by atoms with van der Waals surface area (Å²) >= 11 is 0. The predicted molar refractivity (Wildman–Crippen MR) is 145 cm³/mol. The standard InChI is InChI=1S/C29H22F4N4O4S/c30-23-10-11-26-21(12-23)13-28(41-26)42(39,40)37(16-19-4-2-1-3-5-19)17-27(38)34-15-24-14-25(36-18-35-24)20-6-8-22(9-7-20)29(31,32)33/h1-14,18H,15-17H2,(H,34,38). The van der Waals surface area contributed by atoms with Gasteiger partial charge >= 0.3 is 6.18 Å². The average molecular weight is 599 g/mol. The lowest BCUT2D eigenvalue weighted by Gasteiger charge is -2.20. The lowest BCUT2D eigenvalue weighted by Crippen LogP contribution is -2.40. The zero-order chi connectivity index (χ0) is 29.9. The molecule has 216 valence electrons. The summed E-state index contributed by atoms with van der Waals surface area (Å²) in [6.07, 6.45) is -3.26. The van der Waals surface area contributed by atoms with Gasteiger partial charge in [-0.2, -0.15) is 17.5 Å². The molecule has 13 heteroatoms. The first-order valence-electron chi connectivity index (χ1n) is 12.5. The third-order valence-corrected chi connectivity index (χ3v) is 7.92. The Morgan fingerprint density at radius 1 is 0.929 bits per heavy atom. The highest BCUT2D eigenvalue weighted by atomic mass is 32.2. The van der Waals surface area contributed by atoms with Crippen LogP contribution in [0, 0.1) is 5.82 Å². The molecule has 42 heavy (non-hydrogen) atoms. The maximum atomic E-state index is 13.7. The second-order valence-corrected chi connectivity index (χ2v) is 11.1. The molecule has 1 amide bonds. The van der Waals surface area contributed by atoms with Crippen molar-refractivity contribution in [2.75, 3.05) is 6.54 Å². The number of carbonyl (C=O) groups is 1. The molecule has 8 nitrogen and oxygen atoms in total.